The Morgan fingerprint density at radius 3 is 2.21 bits per heavy atom. The van der Waals surface area contributed by atoms with Crippen molar-refractivity contribution in [3.8, 4) is 0 Å². The van der Waals surface area contributed by atoms with E-state index >= 15 is 0 Å². The highest BCUT2D eigenvalue weighted by Crippen LogP contribution is 2.36. The molecule has 1 aliphatic rings. The smallest absolute Gasteiger partial charge is 0.0661 e. The maximum atomic E-state index is 6.75. The Bertz CT molecular complexity index is 493. The van der Waals surface area contributed by atoms with Gasteiger partial charge in [0.05, 0.1) is 16.1 Å². The van der Waals surface area contributed by atoms with Crippen LogP contribution in [0.4, 0.5) is 0 Å². The molecule has 1 N–H and O–H groups in total. The number of hydrogen-bond acceptors (Lipinski definition) is 3. The molecule has 0 aromatic carbocycles. The van der Waals surface area contributed by atoms with Crippen LogP contribution in [-0.2, 0) is 4.43 Å². The molecule has 0 aliphatic heterocycles. The quantitative estimate of drug-likeness (QED) is 0.511. The molecule has 2 rings (SSSR count). The first-order valence-electron chi connectivity index (χ1n) is 9.22. The van der Waals surface area contributed by atoms with E-state index in [9.17, 15) is 0 Å². The van der Waals surface area contributed by atoms with Gasteiger partial charge in [-0.3, -0.25) is 4.98 Å². The molecule has 1 saturated carbocycles. The minimum atomic E-state index is -1.76. The maximum absolute atomic E-state index is 6.75. The molecule has 137 valence electrons. The van der Waals surface area contributed by atoms with Gasteiger partial charge in [0, 0.05) is 24.5 Å². The third-order valence-electron chi connectivity index (χ3n) is 5.53. The van der Waals surface area contributed by atoms with E-state index < -0.39 is 8.32 Å². The third kappa shape index (κ3) is 4.95. The molecule has 0 bridgehead atoms. The molecule has 1 atom stereocenters. The van der Waals surface area contributed by atoms with E-state index in [4.69, 9.17) is 27.6 Å². The SMILES string of the molecule is CC[Si-](CC)(CC)OC(CNCC1CCC1)c1c(Cl)cncc1Cl. The van der Waals surface area contributed by atoms with E-state index in [2.05, 4.69) is 31.1 Å². The zero-order chi connectivity index (χ0) is 17.6. The molecule has 6 heteroatoms. The predicted octanol–water partition coefficient (Wildman–Crippen LogP) is 5.84. The van der Waals surface area contributed by atoms with Gasteiger partial charge in [-0.15, -0.1) is 18.1 Å². The Kier molecular flexibility index (Phi) is 8.02. The van der Waals surface area contributed by atoms with Crippen LogP contribution in [0.1, 0.15) is 51.7 Å². The molecule has 1 heterocycles. The molecule has 1 aromatic rings. The number of aromatic nitrogens is 1. The lowest BCUT2D eigenvalue weighted by molar-refractivity contribution is 0.179. The van der Waals surface area contributed by atoms with Gasteiger partial charge in [0.2, 0.25) is 0 Å². The summed E-state index contributed by atoms with van der Waals surface area (Å²) in [6.07, 6.45) is 7.28. The lowest BCUT2D eigenvalue weighted by atomic mass is 9.85. The monoisotopic (exact) mass is 388 g/mol. The van der Waals surface area contributed by atoms with Crippen molar-refractivity contribution in [2.45, 2.75) is 64.3 Å². The topological polar surface area (TPSA) is 34.1 Å². The summed E-state index contributed by atoms with van der Waals surface area (Å²) in [6.45, 7) is 8.54. The minimum absolute atomic E-state index is 0.0976. The number of nitrogens with zero attached hydrogens (tertiary/aromatic N) is 1. The van der Waals surface area contributed by atoms with E-state index in [-0.39, 0.29) is 6.10 Å². The van der Waals surface area contributed by atoms with Crippen molar-refractivity contribution in [1.29, 1.82) is 0 Å². The van der Waals surface area contributed by atoms with E-state index in [0.717, 1.165) is 42.7 Å². The fourth-order valence-corrected chi connectivity index (χ4v) is 6.76. The van der Waals surface area contributed by atoms with Crippen LogP contribution in [0.3, 0.4) is 0 Å². The van der Waals surface area contributed by atoms with Gasteiger partial charge >= 0.3 is 0 Å². The van der Waals surface area contributed by atoms with Gasteiger partial charge in [-0.25, -0.2) is 0 Å². The zero-order valence-corrected chi connectivity index (χ0v) is 17.6. The Balaban J connectivity index is 2.16. The van der Waals surface area contributed by atoms with Crippen LogP contribution in [0.15, 0.2) is 12.4 Å². The lowest BCUT2D eigenvalue weighted by Crippen LogP contribution is -2.41. The molecule has 1 aromatic heterocycles. The van der Waals surface area contributed by atoms with Gasteiger partial charge in [-0.2, -0.15) is 0 Å². The Morgan fingerprint density at radius 1 is 1.17 bits per heavy atom. The van der Waals surface area contributed by atoms with Crippen LogP contribution in [0.25, 0.3) is 0 Å². The molecule has 0 radical (unpaired) electrons. The largest absolute Gasteiger partial charge is 0.558 e. The molecule has 0 amide bonds. The second kappa shape index (κ2) is 9.53. The van der Waals surface area contributed by atoms with Crippen LogP contribution in [0.2, 0.25) is 28.2 Å². The normalized spacial score (nSPS) is 16.9. The molecule has 0 saturated heterocycles. The maximum Gasteiger partial charge on any atom is 0.0661 e. The summed E-state index contributed by atoms with van der Waals surface area (Å²) in [4.78, 5) is 4.09. The van der Waals surface area contributed by atoms with Crippen molar-refractivity contribution in [3.63, 3.8) is 0 Å². The summed E-state index contributed by atoms with van der Waals surface area (Å²) in [6, 6.07) is 3.33. The average molecular weight is 389 g/mol. The van der Waals surface area contributed by atoms with E-state index in [1.807, 2.05) is 0 Å². The first kappa shape index (κ1) is 20.2. The molecular formula is C18H30Cl2N2OSi-. The van der Waals surface area contributed by atoms with Gasteiger partial charge in [-0.1, -0.05) is 50.4 Å². The van der Waals surface area contributed by atoms with Crippen molar-refractivity contribution >= 4 is 31.5 Å². The fourth-order valence-electron chi connectivity index (χ4n) is 3.35. The highest BCUT2D eigenvalue weighted by atomic mass is 35.5. The van der Waals surface area contributed by atoms with Crippen molar-refractivity contribution in [3.05, 3.63) is 28.0 Å². The first-order chi connectivity index (χ1) is 11.5. The Hall–Kier alpha value is -0.133. The zero-order valence-electron chi connectivity index (χ0n) is 15.1. The van der Waals surface area contributed by atoms with Crippen LogP contribution in [0.5, 0.6) is 0 Å². The minimum Gasteiger partial charge on any atom is -0.558 e. The molecule has 0 spiro atoms. The van der Waals surface area contributed by atoms with Crippen molar-refractivity contribution in [1.82, 2.24) is 10.3 Å². The van der Waals surface area contributed by atoms with Crippen LogP contribution >= 0.6 is 23.2 Å². The summed E-state index contributed by atoms with van der Waals surface area (Å²) < 4.78 is 6.75. The second-order valence-electron chi connectivity index (χ2n) is 6.82. The number of rotatable bonds is 10. The summed E-state index contributed by atoms with van der Waals surface area (Å²) in [5.74, 6) is 0.819. The number of pyridine rings is 1. The fraction of sp³-hybridized carbons (Fsp3) is 0.722. The van der Waals surface area contributed by atoms with Crippen LogP contribution in [0, 0.1) is 5.92 Å². The van der Waals surface area contributed by atoms with Gasteiger partial charge in [0.25, 0.3) is 0 Å². The van der Waals surface area contributed by atoms with Crippen molar-refractivity contribution < 1.29 is 4.43 Å². The lowest BCUT2D eigenvalue weighted by Gasteiger charge is -2.45. The van der Waals surface area contributed by atoms with Gasteiger partial charge < -0.3 is 9.74 Å². The first-order valence-corrected chi connectivity index (χ1v) is 12.5. The summed E-state index contributed by atoms with van der Waals surface area (Å²) in [5.41, 5.74) is 0.890. The Labute approximate surface area is 157 Å². The van der Waals surface area contributed by atoms with Gasteiger partial charge in [-0.05, 0) is 33.6 Å². The highest BCUT2D eigenvalue weighted by Gasteiger charge is 2.25. The highest BCUT2D eigenvalue weighted by molar-refractivity contribution is 6.73. The van der Waals surface area contributed by atoms with Crippen LogP contribution < -0.4 is 5.32 Å². The van der Waals surface area contributed by atoms with Crippen molar-refractivity contribution in [2.24, 2.45) is 5.92 Å². The summed E-state index contributed by atoms with van der Waals surface area (Å²) >= 11 is 12.8. The molecule has 1 fully saturated rings. The summed E-state index contributed by atoms with van der Waals surface area (Å²) in [5, 5.41) is 4.80. The average Bonchev–Trinajstić information content (AvgIpc) is 2.54. The number of halogens is 2. The number of hydrogen-bond donors (Lipinski definition) is 1. The Morgan fingerprint density at radius 2 is 1.75 bits per heavy atom. The molecule has 24 heavy (non-hydrogen) atoms. The van der Waals surface area contributed by atoms with Gasteiger partial charge in [0.15, 0.2) is 0 Å². The second-order valence-corrected chi connectivity index (χ2v) is 12.4. The standard InChI is InChI=1S/C18H30Cl2N2OSi/c1-4-24(5-2,6-3)23-17(13-21-10-14-8-7-9-14)18-15(19)11-22-12-16(18)20/h11-12,14,17,21H,4-10,13H2,1-3H3/q-1. The van der Waals surface area contributed by atoms with Crippen LogP contribution in [-0.4, -0.2) is 26.4 Å². The third-order valence-corrected chi connectivity index (χ3v) is 10.8. The van der Waals surface area contributed by atoms with Crippen molar-refractivity contribution in [2.75, 3.05) is 13.1 Å². The van der Waals surface area contributed by atoms with E-state index in [1.54, 1.807) is 12.4 Å². The molecular weight excluding hydrogens is 359 g/mol. The van der Waals surface area contributed by atoms with Gasteiger partial charge in [0.1, 0.15) is 0 Å². The summed E-state index contributed by atoms with van der Waals surface area (Å²) in [7, 11) is -1.76. The molecule has 1 aliphatic carbocycles. The number of nitrogens with one attached hydrogen (secondary N) is 1. The molecule has 3 nitrogen and oxygen atoms in total. The van der Waals surface area contributed by atoms with E-state index in [1.165, 1.54) is 19.3 Å². The predicted molar refractivity (Wildman–Crippen MR) is 105 cm³/mol. The molecule has 1 unspecified atom stereocenters. The van der Waals surface area contributed by atoms with E-state index in [0.29, 0.717) is 10.0 Å².